The number of ether oxygens (including phenoxy) is 1. The fraction of sp³-hybridized carbons (Fsp3) is 0.851. The van der Waals surface area contributed by atoms with E-state index in [2.05, 4.69) is 36.4 Å². The number of nitrogens with zero attached hydrogens (tertiary/aromatic N) is 4. The van der Waals surface area contributed by atoms with Crippen molar-refractivity contribution < 1.29 is 46.7 Å². The van der Waals surface area contributed by atoms with Gasteiger partial charge in [0.15, 0.2) is 0 Å². The van der Waals surface area contributed by atoms with E-state index in [1.807, 2.05) is 0 Å². The van der Waals surface area contributed by atoms with Crippen molar-refractivity contribution >= 4 is 63.1 Å². The lowest BCUT2D eigenvalue weighted by molar-refractivity contribution is -0.151. The summed E-state index contributed by atoms with van der Waals surface area (Å²) in [6.45, 7) is 6.02. The number of imide groups is 2. The predicted octanol–water partition coefficient (Wildman–Crippen LogP) is 0.344. The van der Waals surface area contributed by atoms with Gasteiger partial charge in [0.25, 0.3) is 0 Å². The number of hydrogen-bond acceptors (Lipinski definition) is 14. The Morgan fingerprint density at radius 3 is 2.34 bits per heavy atom. The Labute approximate surface area is 404 Å². The second-order valence-corrected chi connectivity index (χ2v) is 25.0. The van der Waals surface area contributed by atoms with Gasteiger partial charge in [0, 0.05) is 95.1 Å². The molecule has 3 saturated carbocycles. The number of likely N-dealkylation sites (tertiary alicyclic amines) is 3. The zero-order chi connectivity index (χ0) is 47.7. The highest BCUT2D eigenvalue weighted by Crippen LogP contribution is 2.47. The molecule has 3 aliphatic carbocycles. The summed E-state index contributed by atoms with van der Waals surface area (Å²) < 4.78 is 31.7. The van der Waals surface area contributed by atoms with E-state index >= 15 is 0 Å². The summed E-state index contributed by atoms with van der Waals surface area (Å²) in [5.74, 6) is -1.11. The second kappa shape index (κ2) is 21.2. The zero-order valence-electron chi connectivity index (χ0n) is 39.6. The summed E-state index contributed by atoms with van der Waals surface area (Å²) in [4.78, 5) is 96.7. The zero-order valence-corrected chi connectivity index (χ0v) is 41.3. The number of amides is 7. The Morgan fingerprint density at radius 1 is 0.882 bits per heavy atom. The molecule has 5 N–H and O–H groups in total. The Bertz CT molecular complexity index is 2040. The molecule has 0 bridgehead atoms. The number of fused-ring (bicyclic) bond motifs is 1. The quantitative estimate of drug-likeness (QED) is 0.124. The van der Waals surface area contributed by atoms with Crippen LogP contribution in [0, 0.1) is 40.9 Å². The van der Waals surface area contributed by atoms with Gasteiger partial charge >= 0.3 is 0 Å². The number of thioether (sulfide) groups is 1. The van der Waals surface area contributed by atoms with Crippen LogP contribution in [0.3, 0.4) is 0 Å². The van der Waals surface area contributed by atoms with Gasteiger partial charge in [-0.2, -0.15) is 0 Å². The van der Waals surface area contributed by atoms with Crippen molar-refractivity contribution in [1.29, 1.82) is 0 Å². The predicted molar refractivity (Wildman–Crippen MR) is 251 cm³/mol. The first-order chi connectivity index (χ1) is 32.6. The molecule has 0 aromatic heterocycles. The number of sulfonamides is 1. The van der Waals surface area contributed by atoms with Crippen molar-refractivity contribution in [2.24, 2.45) is 40.9 Å². The minimum atomic E-state index is -3.41. The normalized spacial score (nSPS) is 34.2. The molecule has 68 heavy (non-hydrogen) atoms. The number of piperidine rings is 1. The molecular weight excluding hydrogens is 915 g/mol. The molecule has 6 saturated heterocycles. The first-order valence-electron chi connectivity index (χ1n) is 25.6. The Balaban J connectivity index is 0.646. The molecule has 9 rings (SSSR count). The average Bonchev–Trinajstić information content (AvgIpc) is 4.04. The van der Waals surface area contributed by atoms with Crippen LogP contribution in [-0.4, -0.2) is 176 Å². The van der Waals surface area contributed by atoms with E-state index in [0.29, 0.717) is 69.2 Å². The number of carbonyl (C=O) groups is 7. The Hall–Kier alpha value is -3.21. The SMILES string of the molecule is CS(=O)(=O)N1CCC(C(=O)N[C@@H](COCC2CCC(CNC(=O)CCN3CC4(C3)CN(C3CCC5C(=O)N(C6CCC(=O)NC6=O)C(=O)C5C3)C4)CC2)C(=O)NC2NC(C3CCCCC3)CS2)C1. The molecule has 6 heterocycles. The van der Waals surface area contributed by atoms with Gasteiger partial charge in [-0.15, -0.1) is 11.8 Å². The maximum atomic E-state index is 13.7. The van der Waals surface area contributed by atoms with Crippen molar-refractivity contribution in [2.45, 2.75) is 132 Å². The molecule has 9 fully saturated rings. The smallest absolute Gasteiger partial charge is 0.249 e. The molecule has 7 amide bonds. The molecule has 7 unspecified atom stereocenters. The topological polar surface area (TPSA) is 236 Å². The molecule has 1 spiro atoms. The monoisotopic (exact) mass is 987 g/mol. The van der Waals surface area contributed by atoms with Gasteiger partial charge in [-0.1, -0.05) is 19.3 Å². The summed E-state index contributed by atoms with van der Waals surface area (Å²) in [7, 11) is -3.41. The largest absolute Gasteiger partial charge is 0.378 e. The van der Waals surface area contributed by atoms with Crippen molar-refractivity contribution in [3.63, 3.8) is 0 Å². The molecule has 0 aromatic rings. The Morgan fingerprint density at radius 2 is 1.62 bits per heavy atom. The van der Waals surface area contributed by atoms with Crippen LogP contribution in [0.1, 0.15) is 103 Å². The molecule has 0 radical (unpaired) electrons. The van der Waals surface area contributed by atoms with Crippen LogP contribution in [0.4, 0.5) is 0 Å². The summed E-state index contributed by atoms with van der Waals surface area (Å²) in [6, 6.07) is -1.22. The molecule has 21 heteroatoms. The first-order valence-corrected chi connectivity index (χ1v) is 28.5. The third-order valence-electron chi connectivity index (χ3n) is 16.9. The summed E-state index contributed by atoms with van der Waals surface area (Å²) in [5, 5.41) is 15.1. The molecule has 378 valence electrons. The minimum Gasteiger partial charge on any atom is -0.378 e. The summed E-state index contributed by atoms with van der Waals surface area (Å²) >= 11 is 1.68. The lowest BCUT2D eigenvalue weighted by Crippen LogP contribution is -2.73. The van der Waals surface area contributed by atoms with E-state index < -0.39 is 39.8 Å². The van der Waals surface area contributed by atoms with Gasteiger partial charge in [-0.05, 0) is 88.4 Å². The van der Waals surface area contributed by atoms with Gasteiger partial charge in [0.05, 0.1) is 30.6 Å². The van der Waals surface area contributed by atoms with E-state index in [4.69, 9.17) is 4.74 Å². The van der Waals surface area contributed by atoms with Crippen LogP contribution in [0.5, 0.6) is 0 Å². The van der Waals surface area contributed by atoms with E-state index in [1.165, 1.54) is 36.4 Å². The standard InChI is InChI=1S/C47H73N9O10S2/c1-68(64,65)55-18-15-32(21-55)41(59)49-36(42(60)52-46-50-37(24-67-46)31-5-3-2-4-6-31)23-66-22-30-9-7-29(8-10-30)20-48-39(57)16-17-53-25-47(26-53)27-54(28-47)33-11-12-34-35(19-33)45(63)56(44(34)62)38-13-14-40(58)51-43(38)61/h29-38,46,50H,2-28H2,1H3,(H,48,57)(H,49,59)(H,52,60)(H,51,58,61)/t29?,30?,32?,33?,34?,35?,36-,37?,38?,46?/m0/s1. The third-order valence-corrected chi connectivity index (χ3v) is 19.3. The third kappa shape index (κ3) is 11.4. The van der Waals surface area contributed by atoms with Crippen LogP contribution >= 0.6 is 11.8 Å². The van der Waals surface area contributed by atoms with E-state index in [9.17, 15) is 42.0 Å². The average molecular weight is 988 g/mol. The van der Waals surface area contributed by atoms with Gasteiger partial charge in [0.1, 0.15) is 17.6 Å². The van der Waals surface area contributed by atoms with Gasteiger partial charge in [0.2, 0.25) is 51.4 Å². The minimum absolute atomic E-state index is 0.0250. The van der Waals surface area contributed by atoms with E-state index in [0.717, 1.165) is 75.2 Å². The maximum absolute atomic E-state index is 13.7. The summed E-state index contributed by atoms with van der Waals surface area (Å²) in [6.07, 6.45) is 14.4. The van der Waals surface area contributed by atoms with Crippen molar-refractivity contribution in [3.8, 4) is 0 Å². The molecule has 0 aromatic carbocycles. The molecule has 8 atom stereocenters. The second-order valence-electron chi connectivity index (χ2n) is 21.8. The van der Waals surface area contributed by atoms with Crippen LogP contribution in [0.25, 0.3) is 0 Å². The lowest BCUT2D eigenvalue weighted by atomic mass is 9.69. The number of nitrogens with one attached hydrogen (secondary N) is 5. The number of hydrogen-bond donors (Lipinski definition) is 5. The van der Waals surface area contributed by atoms with Crippen LogP contribution in [0.15, 0.2) is 0 Å². The molecular formula is C47H73N9O10S2. The van der Waals surface area contributed by atoms with Gasteiger partial charge in [-0.25, -0.2) is 12.7 Å². The molecule has 19 nitrogen and oxygen atoms in total. The number of rotatable bonds is 17. The maximum Gasteiger partial charge on any atom is 0.249 e. The number of carbonyl (C=O) groups excluding carboxylic acids is 7. The molecule has 6 aliphatic heterocycles. The fourth-order valence-corrected chi connectivity index (χ4v) is 15.1. The highest BCUT2D eigenvalue weighted by molar-refractivity contribution is 8.00. The Kier molecular flexibility index (Phi) is 15.5. The highest BCUT2D eigenvalue weighted by Gasteiger charge is 2.58. The van der Waals surface area contributed by atoms with E-state index in [1.54, 1.807) is 11.8 Å². The lowest BCUT2D eigenvalue weighted by Gasteiger charge is -2.62. The first kappa shape index (κ1) is 49.8. The van der Waals surface area contributed by atoms with E-state index in [-0.39, 0.29) is 90.9 Å². The van der Waals surface area contributed by atoms with Gasteiger partial charge < -0.3 is 25.6 Å². The van der Waals surface area contributed by atoms with Crippen molar-refractivity contribution in [1.82, 2.24) is 45.6 Å². The van der Waals surface area contributed by atoms with Crippen LogP contribution in [0.2, 0.25) is 0 Å². The summed E-state index contributed by atoms with van der Waals surface area (Å²) in [5.41, 5.74) is -0.0294. The molecule has 9 aliphatic rings. The van der Waals surface area contributed by atoms with Crippen molar-refractivity contribution in [3.05, 3.63) is 0 Å². The highest BCUT2D eigenvalue weighted by atomic mass is 32.2. The van der Waals surface area contributed by atoms with Crippen LogP contribution in [-0.2, 0) is 48.3 Å². The fourth-order valence-electron chi connectivity index (χ4n) is 13.0. The van der Waals surface area contributed by atoms with Crippen molar-refractivity contribution in [2.75, 3.05) is 77.6 Å². The van der Waals surface area contributed by atoms with Crippen LogP contribution < -0.4 is 26.6 Å². The van der Waals surface area contributed by atoms with Gasteiger partial charge in [-0.3, -0.25) is 54.0 Å².